The van der Waals surface area contributed by atoms with Crippen LogP contribution in [0.15, 0.2) is 60.2 Å². The highest BCUT2D eigenvalue weighted by atomic mass is 127. The van der Waals surface area contributed by atoms with Gasteiger partial charge < -0.3 is 20.1 Å². The zero-order valence-electron chi connectivity index (χ0n) is 18.6. The van der Waals surface area contributed by atoms with Gasteiger partial charge >= 0.3 is 0 Å². The Morgan fingerprint density at radius 1 is 1.06 bits per heavy atom. The summed E-state index contributed by atoms with van der Waals surface area (Å²) in [6.07, 6.45) is 1.38. The van der Waals surface area contributed by atoms with E-state index in [-0.39, 0.29) is 12.2 Å². The van der Waals surface area contributed by atoms with Gasteiger partial charge in [-0.05, 0) is 88.8 Å². The van der Waals surface area contributed by atoms with Crippen LogP contribution in [0.1, 0.15) is 5.56 Å². The van der Waals surface area contributed by atoms with Gasteiger partial charge in [0.25, 0.3) is 11.8 Å². The molecule has 36 heavy (non-hydrogen) atoms. The number of methoxy groups -OCH3 is 1. The summed E-state index contributed by atoms with van der Waals surface area (Å²) in [7, 11) is 1.42. The molecule has 0 aliphatic carbocycles. The summed E-state index contributed by atoms with van der Waals surface area (Å²) in [5, 5.41) is 15.3. The molecule has 184 valence electrons. The van der Waals surface area contributed by atoms with Crippen molar-refractivity contribution in [1.82, 2.24) is 0 Å². The number of nitrogens with zero attached hydrogens (tertiary/aromatic N) is 1. The van der Waals surface area contributed by atoms with Crippen molar-refractivity contribution < 1.29 is 23.5 Å². The topological polar surface area (TPSA) is 100 Å². The van der Waals surface area contributed by atoms with E-state index in [0.717, 1.165) is 0 Å². The molecule has 0 saturated heterocycles. The first-order chi connectivity index (χ1) is 17.2. The third kappa shape index (κ3) is 7.34. The van der Waals surface area contributed by atoms with Gasteiger partial charge in [0.2, 0.25) is 0 Å². The highest BCUT2D eigenvalue weighted by Gasteiger charge is 2.16. The number of hydrogen-bond acceptors (Lipinski definition) is 5. The fourth-order valence-electron chi connectivity index (χ4n) is 2.92. The second-order valence-electron chi connectivity index (χ2n) is 7.13. The van der Waals surface area contributed by atoms with Crippen molar-refractivity contribution in [1.29, 1.82) is 5.26 Å². The molecule has 2 amide bonds. The van der Waals surface area contributed by atoms with Crippen LogP contribution >= 0.6 is 45.8 Å². The zero-order chi connectivity index (χ0) is 26.2. The van der Waals surface area contributed by atoms with Gasteiger partial charge in [-0.2, -0.15) is 5.26 Å². The smallest absolute Gasteiger partial charge is 0.266 e. The molecule has 0 atom stereocenters. The van der Waals surface area contributed by atoms with Crippen molar-refractivity contribution in [3.05, 3.63) is 85.2 Å². The Morgan fingerprint density at radius 2 is 1.75 bits per heavy atom. The van der Waals surface area contributed by atoms with Crippen molar-refractivity contribution in [2.24, 2.45) is 0 Å². The van der Waals surface area contributed by atoms with E-state index in [1.807, 2.05) is 28.7 Å². The SMILES string of the molecule is COc1cc(/C=C(\C#N)C(=O)Nc2ccc(F)cc2)cc(I)c1OCC(=O)Nc1ccc(Cl)c(Cl)c1. The normalized spacial score (nSPS) is 10.8. The summed E-state index contributed by atoms with van der Waals surface area (Å²) in [6.45, 7) is -0.314. The van der Waals surface area contributed by atoms with Gasteiger partial charge in [0.1, 0.15) is 17.5 Å². The fraction of sp³-hybridized carbons (Fsp3) is 0.0800. The van der Waals surface area contributed by atoms with Gasteiger partial charge in [-0.15, -0.1) is 0 Å². The monoisotopic (exact) mass is 639 g/mol. The van der Waals surface area contributed by atoms with Crippen LogP contribution in [-0.4, -0.2) is 25.5 Å². The van der Waals surface area contributed by atoms with Crippen molar-refractivity contribution >= 4 is 75.1 Å². The van der Waals surface area contributed by atoms with Crippen LogP contribution in [0.2, 0.25) is 10.0 Å². The Kier molecular flexibility index (Phi) is 9.52. The molecule has 0 unspecified atom stereocenters. The van der Waals surface area contributed by atoms with E-state index in [2.05, 4.69) is 10.6 Å². The van der Waals surface area contributed by atoms with Gasteiger partial charge in [-0.3, -0.25) is 9.59 Å². The molecule has 3 aromatic rings. The van der Waals surface area contributed by atoms with Crippen molar-refractivity contribution in [2.75, 3.05) is 24.4 Å². The van der Waals surface area contributed by atoms with E-state index in [9.17, 15) is 19.2 Å². The van der Waals surface area contributed by atoms with E-state index < -0.39 is 17.6 Å². The van der Waals surface area contributed by atoms with Crippen LogP contribution in [0.25, 0.3) is 6.08 Å². The zero-order valence-corrected chi connectivity index (χ0v) is 22.2. The number of anilines is 2. The molecule has 0 aliphatic heterocycles. The minimum Gasteiger partial charge on any atom is -0.493 e. The quantitative estimate of drug-likeness (QED) is 0.171. The van der Waals surface area contributed by atoms with Gasteiger partial charge in [0, 0.05) is 11.4 Å². The van der Waals surface area contributed by atoms with Gasteiger partial charge in [-0.25, -0.2) is 4.39 Å². The summed E-state index contributed by atoms with van der Waals surface area (Å²) in [4.78, 5) is 24.8. The molecule has 0 saturated carbocycles. The lowest BCUT2D eigenvalue weighted by Gasteiger charge is -2.14. The lowest BCUT2D eigenvalue weighted by atomic mass is 10.1. The molecule has 3 aromatic carbocycles. The molecule has 0 heterocycles. The van der Waals surface area contributed by atoms with Crippen LogP contribution in [0.5, 0.6) is 11.5 Å². The molecule has 2 N–H and O–H groups in total. The first-order valence-electron chi connectivity index (χ1n) is 10.1. The van der Waals surface area contributed by atoms with E-state index in [1.54, 1.807) is 24.3 Å². The van der Waals surface area contributed by atoms with Crippen LogP contribution in [0.4, 0.5) is 15.8 Å². The predicted octanol–water partition coefficient (Wildman–Crippen LogP) is 6.31. The molecular formula is C25H17Cl2FIN3O4. The fourth-order valence-corrected chi connectivity index (χ4v) is 4.00. The molecule has 11 heteroatoms. The lowest BCUT2D eigenvalue weighted by molar-refractivity contribution is -0.118. The molecular weight excluding hydrogens is 623 g/mol. The molecule has 0 bridgehead atoms. The number of nitrogens with one attached hydrogen (secondary N) is 2. The number of ether oxygens (including phenoxy) is 2. The minimum atomic E-state index is -0.655. The molecule has 0 fully saturated rings. The van der Waals surface area contributed by atoms with Crippen LogP contribution in [0.3, 0.4) is 0 Å². The van der Waals surface area contributed by atoms with E-state index in [0.29, 0.717) is 42.1 Å². The van der Waals surface area contributed by atoms with E-state index in [4.69, 9.17) is 32.7 Å². The summed E-state index contributed by atoms with van der Waals surface area (Å²) < 4.78 is 24.7. The summed E-state index contributed by atoms with van der Waals surface area (Å²) in [6, 6.07) is 14.9. The minimum absolute atomic E-state index is 0.174. The number of amides is 2. The maximum atomic E-state index is 13.1. The Hall–Kier alpha value is -3.33. The van der Waals surface area contributed by atoms with Crippen molar-refractivity contribution in [3.8, 4) is 17.6 Å². The average Bonchev–Trinajstić information content (AvgIpc) is 2.85. The number of rotatable bonds is 8. The highest BCUT2D eigenvalue weighted by molar-refractivity contribution is 14.1. The van der Waals surface area contributed by atoms with Crippen LogP contribution < -0.4 is 20.1 Å². The maximum absolute atomic E-state index is 13.1. The largest absolute Gasteiger partial charge is 0.493 e. The van der Waals surface area contributed by atoms with Gasteiger partial charge in [0.05, 0.1) is 20.7 Å². The maximum Gasteiger partial charge on any atom is 0.266 e. The molecule has 0 aliphatic rings. The summed E-state index contributed by atoms with van der Waals surface area (Å²) >= 11 is 13.8. The number of nitriles is 1. The third-order valence-corrected chi connectivity index (χ3v) is 6.12. The Morgan fingerprint density at radius 3 is 2.39 bits per heavy atom. The lowest BCUT2D eigenvalue weighted by Crippen LogP contribution is -2.20. The molecule has 3 rings (SSSR count). The third-order valence-electron chi connectivity index (χ3n) is 4.58. The van der Waals surface area contributed by atoms with Crippen LogP contribution in [-0.2, 0) is 9.59 Å². The summed E-state index contributed by atoms with van der Waals surface area (Å²) in [5.41, 5.74) is 1.13. The number of halogens is 4. The predicted molar refractivity (Wildman–Crippen MR) is 145 cm³/mol. The van der Waals surface area contributed by atoms with Crippen LogP contribution in [0, 0.1) is 20.7 Å². The second-order valence-corrected chi connectivity index (χ2v) is 9.11. The second kappa shape index (κ2) is 12.6. The number of carbonyl (C=O) groups is 2. The first kappa shape index (κ1) is 27.3. The standard InChI is InChI=1S/C25H17Cl2FIN3O4/c1-35-22-10-14(8-15(12-30)25(34)32-17-4-2-16(28)3-5-17)9-21(29)24(22)36-13-23(33)31-18-6-7-19(26)20(27)11-18/h2-11H,13H2,1H3,(H,31,33)(H,32,34)/b15-8+. The summed E-state index contributed by atoms with van der Waals surface area (Å²) in [5.74, 6) is -0.919. The molecule has 7 nitrogen and oxygen atoms in total. The Bertz CT molecular complexity index is 1370. The highest BCUT2D eigenvalue weighted by Crippen LogP contribution is 2.35. The van der Waals surface area contributed by atoms with Gasteiger partial charge in [0.15, 0.2) is 18.1 Å². The number of carbonyl (C=O) groups excluding carboxylic acids is 2. The van der Waals surface area contributed by atoms with Gasteiger partial charge in [-0.1, -0.05) is 23.2 Å². The molecule has 0 aromatic heterocycles. The number of hydrogen-bond donors (Lipinski definition) is 2. The van der Waals surface area contributed by atoms with Crippen molar-refractivity contribution in [3.63, 3.8) is 0 Å². The number of benzene rings is 3. The Labute approximate surface area is 229 Å². The first-order valence-corrected chi connectivity index (χ1v) is 12.0. The van der Waals surface area contributed by atoms with E-state index in [1.165, 1.54) is 43.5 Å². The molecule has 0 radical (unpaired) electrons. The average molecular weight is 640 g/mol. The van der Waals surface area contributed by atoms with Crippen molar-refractivity contribution in [2.45, 2.75) is 0 Å². The molecule has 0 spiro atoms. The Balaban J connectivity index is 1.73. The van der Waals surface area contributed by atoms with E-state index >= 15 is 0 Å².